The van der Waals surface area contributed by atoms with E-state index in [-0.39, 0.29) is 24.1 Å². The van der Waals surface area contributed by atoms with Crippen molar-refractivity contribution in [1.82, 2.24) is 4.31 Å². The van der Waals surface area contributed by atoms with Gasteiger partial charge in [-0.25, -0.2) is 12.8 Å². The minimum Gasteiger partial charge on any atom is -0.395 e. The molecular weight excluding hydrogens is 245 g/mol. The van der Waals surface area contributed by atoms with Crippen molar-refractivity contribution in [3.8, 4) is 0 Å². The molecule has 0 unspecified atom stereocenters. The fraction of sp³-hybridized carbons (Fsp3) is 0.455. The summed E-state index contributed by atoms with van der Waals surface area (Å²) in [6, 6.07) is 4.55. The molecule has 0 amide bonds. The van der Waals surface area contributed by atoms with Gasteiger partial charge in [-0.05, 0) is 32.0 Å². The number of aliphatic hydroxyl groups is 1. The summed E-state index contributed by atoms with van der Waals surface area (Å²) in [5.74, 6) is -0.598. The van der Waals surface area contributed by atoms with Crippen LogP contribution >= 0.6 is 0 Å². The number of hydrogen-bond donors (Lipinski definition) is 1. The summed E-state index contributed by atoms with van der Waals surface area (Å²) < 4.78 is 38.5. The molecule has 0 heterocycles. The topological polar surface area (TPSA) is 57.6 Å². The highest BCUT2D eigenvalue weighted by atomic mass is 32.2. The zero-order valence-electron chi connectivity index (χ0n) is 9.80. The van der Waals surface area contributed by atoms with Gasteiger partial charge in [0, 0.05) is 12.6 Å². The van der Waals surface area contributed by atoms with E-state index in [2.05, 4.69) is 0 Å². The Morgan fingerprint density at radius 1 is 1.41 bits per heavy atom. The van der Waals surface area contributed by atoms with Gasteiger partial charge in [0.15, 0.2) is 0 Å². The molecule has 0 aliphatic carbocycles. The second-order valence-corrected chi connectivity index (χ2v) is 5.78. The van der Waals surface area contributed by atoms with Crippen LogP contribution in [0.4, 0.5) is 4.39 Å². The lowest BCUT2D eigenvalue weighted by Crippen LogP contribution is -2.38. The molecule has 1 aromatic rings. The highest BCUT2D eigenvalue weighted by molar-refractivity contribution is 7.89. The first-order valence-electron chi connectivity index (χ1n) is 5.28. The summed E-state index contributed by atoms with van der Waals surface area (Å²) in [7, 11) is -3.75. The average molecular weight is 261 g/mol. The standard InChI is InChI=1S/C11H16FNO3S/c1-9(2)13(6-7-14)17(15,16)11-5-3-4-10(12)8-11/h3-5,8-9,14H,6-7H2,1-2H3. The minimum absolute atomic E-state index is 0.00346. The molecule has 0 saturated heterocycles. The summed E-state index contributed by atoms with van der Waals surface area (Å²) in [6.07, 6.45) is 0. The first kappa shape index (κ1) is 14.1. The van der Waals surface area contributed by atoms with Crippen LogP contribution in [0, 0.1) is 5.82 Å². The van der Waals surface area contributed by atoms with E-state index in [0.29, 0.717) is 0 Å². The van der Waals surface area contributed by atoms with Crippen LogP contribution in [0.15, 0.2) is 29.2 Å². The molecule has 0 fully saturated rings. The fourth-order valence-corrected chi connectivity index (χ4v) is 3.18. The molecule has 96 valence electrons. The van der Waals surface area contributed by atoms with E-state index in [4.69, 9.17) is 5.11 Å². The number of nitrogens with zero attached hydrogens (tertiary/aromatic N) is 1. The van der Waals surface area contributed by atoms with Crippen LogP contribution in [0.25, 0.3) is 0 Å². The van der Waals surface area contributed by atoms with Crippen molar-refractivity contribution in [1.29, 1.82) is 0 Å². The number of benzene rings is 1. The smallest absolute Gasteiger partial charge is 0.243 e. The summed E-state index contributed by atoms with van der Waals surface area (Å²) in [4.78, 5) is -0.0975. The van der Waals surface area contributed by atoms with Gasteiger partial charge in [-0.3, -0.25) is 0 Å². The predicted octanol–water partition coefficient (Wildman–Crippen LogP) is 1.22. The Bertz CT molecular complexity index is 473. The molecule has 4 nitrogen and oxygen atoms in total. The first-order valence-corrected chi connectivity index (χ1v) is 6.72. The molecular formula is C11H16FNO3S. The third-order valence-electron chi connectivity index (χ3n) is 2.30. The minimum atomic E-state index is -3.75. The second-order valence-electron chi connectivity index (χ2n) is 3.89. The van der Waals surface area contributed by atoms with Gasteiger partial charge in [-0.2, -0.15) is 4.31 Å². The molecule has 0 saturated carbocycles. The molecule has 6 heteroatoms. The highest BCUT2D eigenvalue weighted by Gasteiger charge is 2.26. The van der Waals surface area contributed by atoms with Crippen LogP contribution in [-0.2, 0) is 10.0 Å². The van der Waals surface area contributed by atoms with Gasteiger partial charge in [0.05, 0.1) is 11.5 Å². The normalized spacial score (nSPS) is 12.4. The third kappa shape index (κ3) is 3.24. The zero-order valence-corrected chi connectivity index (χ0v) is 10.6. The predicted molar refractivity (Wildman–Crippen MR) is 62.5 cm³/mol. The largest absolute Gasteiger partial charge is 0.395 e. The molecule has 0 atom stereocenters. The van der Waals surface area contributed by atoms with Crippen LogP contribution in [0.2, 0.25) is 0 Å². The van der Waals surface area contributed by atoms with E-state index in [1.807, 2.05) is 0 Å². The first-order chi connectivity index (χ1) is 7.89. The lowest BCUT2D eigenvalue weighted by molar-refractivity contribution is 0.236. The van der Waals surface area contributed by atoms with Crippen molar-refractivity contribution in [2.45, 2.75) is 24.8 Å². The Morgan fingerprint density at radius 3 is 2.53 bits per heavy atom. The number of rotatable bonds is 5. The summed E-state index contributed by atoms with van der Waals surface area (Å²) in [5.41, 5.74) is 0. The Balaban J connectivity index is 3.16. The van der Waals surface area contributed by atoms with Crippen molar-refractivity contribution < 1.29 is 17.9 Å². The quantitative estimate of drug-likeness (QED) is 0.867. The van der Waals surface area contributed by atoms with Crippen LogP contribution in [0.5, 0.6) is 0 Å². The van der Waals surface area contributed by atoms with Crippen molar-refractivity contribution in [3.63, 3.8) is 0 Å². The lowest BCUT2D eigenvalue weighted by Gasteiger charge is -2.25. The molecule has 0 spiro atoms. The number of hydrogen-bond acceptors (Lipinski definition) is 3. The molecule has 0 aromatic heterocycles. The van der Waals surface area contributed by atoms with Gasteiger partial charge in [0.2, 0.25) is 10.0 Å². The van der Waals surface area contributed by atoms with Gasteiger partial charge in [0.1, 0.15) is 5.82 Å². The molecule has 1 rings (SSSR count). The Hall–Kier alpha value is -0.980. The second kappa shape index (κ2) is 5.57. The van der Waals surface area contributed by atoms with E-state index >= 15 is 0 Å². The van der Waals surface area contributed by atoms with Crippen molar-refractivity contribution in [2.24, 2.45) is 0 Å². The Morgan fingerprint density at radius 2 is 2.06 bits per heavy atom. The maximum absolute atomic E-state index is 13.0. The van der Waals surface area contributed by atoms with Crippen LogP contribution in [0.3, 0.4) is 0 Å². The highest BCUT2D eigenvalue weighted by Crippen LogP contribution is 2.18. The van der Waals surface area contributed by atoms with Gasteiger partial charge >= 0.3 is 0 Å². The number of sulfonamides is 1. The Kier molecular flexibility index (Phi) is 4.62. The zero-order chi connectivity index (χ0) is 13.1. The third-order valence-corrected chi connectivity index (χ3v) is 4.37. The number of halogens is 1. The molecule has 0 aliphatic rings. The molecule has 0 bridgehead atoms. The van der Waals surface area contributed by atoms with Gasteiger partial charge < -0.3 is 5.11 Å². The van der Waals surface area contributed by atoms with Crippen molar-refractivity contribution in [3.05, 3.63) is 30.1 Å². The fourth-order valence-electron chi connectivity index (χ4n) is 1.52. The summed E-state index contributed by atoms with van der Waals surface area (Å²) >= 11 is 0. The van der Waals surface area contributed by atoms with E-state index in [0.717, 1.165) is 10.4 Å². The number of aliphatic hydroxyl groups excluding tert-OH is 1. The van der Waals surface area contributed by atoms with Crippen molar-refractivity contribution in [2.75, 3.05) is 13.2 Å². The molecule has 17 heavy (non-hydrogen) atoms. The molecule has 1 N–H and O–H groups in total. The maximum atomic E-state index is 13.0. The van der Waals surface area contributed by atoms with E-state index in [1.165, 1.54) is 18.2 Å². The van der Waals surface area contributed by atoms with E-state index < -0.39 is 15.8 Å². The molecule has 1 aromatic carbocycles. The van der Waals surface area contributed by atoms with E-state index in [9.17, 15) is 12.8 Å². The maximum Gasteiger partial charge on any atom is 0.243 e. The molecule has 0 aliphatic heterocycles. The van der Waals surface area contributed by atoms with Gasteiger partial charge in [-0.1, -0.05) is 6.07 Å². The van der Waals surface area contributed by atoms with E-state index in [1.54, 1.807) is 13.8 Å². The Labute approximate surface area is 101 Å². The SMILES string of the molecule is CC(C)N(CCO)S(=O)(=O)c1cccc(F)c1. The van der Waals surface area contributed by atoms with Crippen LogP contribution in [-0.4, -0.2) is 37.0 Å². The average Bonchev–Trinajstić information content (AvgIpc) is 2.25. The summed E-state index contributed by atoms with van der Waals surface area (Å²) in [6.45, 7) is 3.13. The van der Waals surface area contributed by atoms with Gasteiger partial charge in [-0.15, -0.1) is 0 Å². The van der Waals surface area contributed by atoms with Crippen LogP contribution in [0.1, 0.15) is 13.8 Å². The summed E-state index contributed by atoms with van der Waals surface area (Å²) in [5, 5.41) is 8.87. The molecule has 0 radical (unpaired) electrons. The monoisotopic (exact) mass is 261 g/mol. The van der Waals surface area contributed by atoms with Crippen LogP contribution < -0.4 is 0 Å². The lowest BCUT2D eigenvalue weighted by atomic mass is 10.4. The van der Waals surface area contributed by atoms with Crippen molar-refractivity contribution >= 4 is 10.0 Å². The van der Waals surface area contributed by atoms with Gasteiger partial charge in [0.25, 0.3) is 0 Å².